The molecule has 0 N–H and O–H groups in total. The highest BCUT2D eigenvalue weighted by Crippen LogP contribution is 2.33. The third-order valence-electron chi connectivity index (χ3n) is 5.47. The van der Waals surface area contributed by atoms with Crippen LogP contribution >= 0.6 is 0 Å². The minimum atomic E-state index is -1.56. The molecule has 0 saturated heterocycles. The van der Waals surface area contributed by atoms with Crippen molar-refractivity contribution in [3.8, 4) is 0 Å². The molecule has 0 aliphatic heterocycles. The monoisotopic (exact) mass is 460 g/mol. The fraction of sp³-hybridized carbons (Fsp3) is 1.00. The minimum Gasteiger partial charge on any atom is -0.456 e. The Morgan fingerprint density at radius 2 is 0.964 bits per heavy atom. The summed E-state index contributed by atoms with van der Waals surface area (Å²) in [4.78, 5) is 0. The fourth-order valence-electron chi connectivity index (χ4n) is 5.41. The molecule has 0 saturated carbocycles. The van der Waals surface area contributed by atoms with Crippen molar-refractivity contribution in [2.45, 2.75) is 147 Å². The molecule has 0 radical (unpaired) electrons. The van der Waals surface area contributed by atoms with E-state index in [0.717, 1.165) is 0 Å². The topological polar surface area (TPSA) is 9.23 Å². The molecule has 1 nitrogen and oxygen atoms in total. The Morgan fingerprint density at radius 1 is 0.536 bits per heavy atom. The molecule has 0 spiro atoms. The molecule has 0 aromatic rings. The van der Waals surface area contributed by atoms with Gasteiger partial charge in [-0.2, -0.15) is 0 Å². The van der Waals surface area contributed by atoms with Crippen molar-refractivity contribution in [2.75, 3.05) is 0 Å². The molecule has 1 atom stereocenters. The summed E-state index contributed by atoms with van der Waals surface area (Å²) in [5.74, 6) is 0. The highest BCUT2D eigenvalue weighted by molar-refractivity contribution is 7.02. The maximum absolute atomic E-state index is 6.99. The van der Waals surface area contributed by atoms with Crippen LogP contribution in [0.5, 0.6) is 0 Å². The van der Waals surface area contributed by atoms with Gasteiger partial charge in [0, 0.05) is 16.1 Å². The maximum Gasteiger partial charge on any atom is 0.173 e. The minimum absolute atomic E-state index is 0.977. The molecule has 0 aliphatic carbocycles. The Balaban J connectivity index is 4.42. The van der Waals surface area contributed by atoms with Crippen LogP contribution in [0.3, 0.4) is 0 Å². The van der Waals surface area contributed by atoms with Crippen LogP contribution in [0.15, 0.2) is 0 Å². The van der Waals surface area contributed by atoms with Gasteiger partial charge in [0.15, 0.2) is 16.6 Å². The summed E-state index contributed by atoms with van der Waals surface area (Å²) in [5, 5.41) is 0. The Bertz CT molecular complexity index is 398. The molecule has 0 bridgehead atoms. The highest BCUT2D eigenvalue weighted by atomic mass is 28.5. The Morgan fingerprint density at radius 3 is 1.36 bits per heavy atom. The first-order valence-electron chi connectivity index (χ1n) is 12.4. The first kappa shape index (κ1) is 28.8. The highest BCUT2D eigenvalue weighted by Gasteiger charge is 2.41. The summed E-state index contributed by atoms with van der Waals surface area (Å²) >= 11 is 0. The fourth-order valence-corrected chi connectivity index (χ4v) is 35.6. The predicted molar refractivity (Wildman–Crippen MR) is 143 cm³/mol. The van der Waals surface area contributed by atoms with Crippen molar-refractivity contribution in [3.63, 3.8) is 0 Å². The van der Waals surface area contributed by atoms with Crippen molar-refractivity contribution in [1.29, 1.82) is 0 Å². The third-order valence-corrected chi connectivity index (χ3v) is 26.2. The predicted octanol–water partition coefficient (Wildman–Crippen LogP) is 9.46. The number of unbranched alkanes of at least 4 members (excludes halogenated alkanes) is 9. The van der Waals surface area contributed by atoms with Gasteiger partial charge in [0.25, 0.3) is 0 Å². The van der Waals surface area contributed by atoms with E-state index in [9.17, 15) is 0 Å². The molecule has 0 heterocycles. The number of rotatable bonds is 17. The summed E-state index contributed by atoms with van der Waals surface area (Å²) in [6.07, 6.45) is 14.4. The van der Waals surface area contributed by atoms with Crippen molar-refractivity contribution in [2.24, 2.45) is 0 Å². The SMILES string of the molecule is CCCCCCCCCCCC[Si@@](C)(C[Si](C)(C)C[Si](C)(C)C)O[Si](C)(C)C. The molecular weight excluding hydrogens is 405 g/mol. The van der Waals surface area contributed by atoms with Crippen LogP contribution in [-0.4, -0.2) is 32.8 Å². The van der Waals surface area contributed by atoms with Crippen molar-refractivity contribution < 1.29 is 4.12 Å². The van der Waals surface area contributed by atoms with E-state index in [1.54, 1.807) is 5.67 Å². The zero-order valence-corrected chi connectivity index (χ0v) is 25.6. The van der Waals surface area contributed by atoms with Crippen LogP contribution < -0.4 is 0 Å². The Hall–Kier alpha value is 0.828. The summed E-state index contributed by atoms with van der Waals surface area (Å²) in [7, 11) is -5.15. The van der Waals surface area contributed by atoms with Gasteiger partial charge in [-0.25, -0.2) is 0 Å². The molecule has 0 aromatic carbocycles. The Labute approximate surface area is 184 Å². The number of hydrogen-bond acceptors (Lipinski definition) is 1. The second-order valence-electron chi connectivity index (χ2n) is 12.7. The van der Waals surface area contributed by atoms with Gasteiger partial charge < -0.3 is 4.12 Å². The van der Waals surface area contributed by atoms with E-state index in [2.05, 4.69) is 65.8 Å². The summed E-state index contributed by atoms with van der Waals surface area (Å²) in [6.45, 7) is 25.1. The average Bonchev–Trinajstić information content (AvgIpc) is 2.43. The Kier molecular flexibility index (Phi) is 13.7. The van der Waals surface area contributed by atoms with Gasteiger partial charge in [-0.15, -0.1) is 0 Å². The van der Waals surface area contributed by atoms with E-state index in [1.807, 2.05) is 0 Å². The van der Waals surface area contributed by atoms with Crippen LogP contribution in [0.25, 0.3) is 0 Å². The van der Waals surface area contributed by atoms with Crippen molar-refractivity contribution >= 4 is 32.8 Å². The molecule has 28 heavy (non-hydrogen) atoms. The lowest BCUT2D eigenvalue weighted by Crippen LogP contribution is -2.51. The lowest BCUT2D eigenvalue weighted by atomic mass is 10.1. The zero-order valence-electron chi connectivity index (χ0n) is 21.6. The third kappa shape index (κ3) is 17.7. The van der Waals surface area contributed by atoms with E-state index in [-0.39, 0.29) is 0 Å². The van der Waals surface area contributed by atoms with E-state index in [4.69, 9.17) is 4.12 Å². The van der Waals surface area contributed by atoms with E-state index in [1.165, 1.54) is 75.9 Å². The largest absolute Gasteiger partial charge is 0.456 e. The zero-order chi connectivity index (χ0) is 21.9. The maximum atomic E-state index is 6.99. The van der Waals surface area contributed by atoms with Crippen LogP contribution in [-0.2, 0) is 4.12 Å². The van der Waals surface area contributed by atoms with E-state index in [0.29, 0.717) is 0 Å². The first-order chi connectivity index (χ1) is 12.7. The summed E-state index contributed by atoms with van der Waals surface area (Å²) in [6, 6.07) is 1.41. The standard InChI is InChI=1S/C23H56OSi4/c1-11-12-13-14-15-16-17-18-19-20-21-28(10,24-26(5,6)7)23-27(8,9)22-25(2,3)4/h11-23H2,1-10H3/t28-/m0/s1. The lowest BCUT2D eigenvalue weighted by Gasteiger charge is -2.41. The van der Waals surface area contributed by atoms with Crippen LogP contribution in [0.1, 0.15) is 71.1 Å². The van der Waals surface area contributed by atoms with Crippen LogP contribution in [0, 0.1) is 0 Å². The first-order valence-corrected chi connectivity index (χ1v) is 25.7. The second kappa shape index (κ2) is 13.3. The van der Waals surface area contributed by atoms with Gasteiger partial charge in [-0.3, -0.25) is 0 Å². The molecule has 0 aliphatic rings. The molecule has 0 amide bonds. The van der Waals surface area contributed by atoms with E-state index < -0.39 is 32.8 Å². The van der Waals surface area contributed by atoms with Gasteiger partial charge in [0.05, 0.1) is 0 Å². The average molecular weight is 461 g/mol. The molecule has 0 fully saturated rings. The van der Waals surface area contributed by atoms with Gasteiger partial charge in [-0.05, 0) is 37.9 Å². The van der Waals surface area contributed by atoms with E-state index >= 15 is 0 Å². The van der Waals surface area contributed by atoms with Gasteiger partial charge in [0.2, 0.25) is 0 Å². The second-order valence-corrected chi connectivity index (χ2v) is 33.4. The molecule has 170 valence electrons. The quantitative estimate of drug-likeness (QED) is 0.155. The number of hydrogen-bond donors (Lipinski definition) is 0. The smallest absolute Gasteiger partial charge is 0.173 e. The van der Waals surface area contributed by atoms with Gasteiger partial charge in [0.1, 0.15) is 0 Å². The normalized spacial score (nSPS) is 15.6. The summed E-state index contributed by atoms with van der Waals surface area (Å²) < 4.78 is 6.99. The van der Waals surface area contributed by atoms with Crippen molar-refractivity contribution in [3.05, 3.63) is 0 Å². The molecule has 0 unspecified atom stereocenters. The lowest BCUT2D eigenvalue weighted by molar-refractivity contribution is 0.528. The van der Waals surface area contributed by atoms with Gasteiger partial charge in [-0.1, -0.05) is 110 Å². The van der Waals surface area contributed by atoms with Gasteiger partial charge >= 0.3 is 0 Å². The molecule has 0 rings (SSSR count). The summed E-state index contributed by atoms with van der Waals surface area (Å²) in [5.41, 5.74) is 3.06. The molecule has 5 heteroatoms. The molecular formula is C23H56OSi4. The molecule has 0 aromatic heterocycles. The van der Waals surface area contributed by atoms with Crippen LogP contribution in [0.2, 0.25) is 76.3 Å². The van der Waals surface area contributed by atoms with Crippen molar-refractivity contribution in [1.82, 2.24) is 0 Å². The van der Waals surface area contributed by atoms with Crippen LogP contribution in [0.4, 0.5) is 0 Å².